The van der Waals surface area contributed by atoms with Gasteiger partial charge in [-0.15, -0.1) is 21.6 Å². The van der Waals surface area contributed by atoms with Crippen LogP contribution in [0.1, 0.15) is 49.6 Å². The molecule has 0 bridgehead atoms. The molecule has 0 N–H and O–H groups in total. The predicted octanol–water partition coefficient (Wildman–Crippen LogP) is 9.03. The molecule has 0 atom stereocenters. The highest BCUT2D eigenvalue weighted by molar-refractivity contribution is 7.29. The van der Waals surface area contributed by atoms with E-state index in [2.05, 4.69) is 77.3 Å². The summed E-state index contributed by atoms with van der Waals surface area (Å²) in [4.78, 5) is 8.85. The molecule has 35 heavy (non-hydrogen) atoms. The Morgan fingerprint density at radius 2 is 1.74 bits per heavy atom. The molecule has 0 radical (unpaired) electrons. The van der Waals surface area contributed by atoms with E-state index < -0.39 is 0 Å². The summed E-state index contributed by atoms with van der Waals surface area (Å²) < 4.78 is 1.05. The lowest BCUT2D eigenvalue weighted by molar-refractivity contribution is 0.795. The van der Waals surface area contributed by atoms with E-state index in [-0.39, 0.29) is 0 Å². The van der Waals surface area contributed by atoms with Gasteiger partial charge in [0.2, 0.25) is 5.13 Å². The van der Waals surface area contributed by atoms with Gasteiger partial charge < -0.3 is 4.90 Å². The van der Waals surface area contributed by atoms with Gasteiger partial charge in [0.1, 0.15) is 4.83 Å². The van der Waals surface area contributed by atoms with Crippen LogP contribution in [-0.2, 0) is 6.42 Å². The van der Waals surface area contributed by atoms with Gasteiger partial charge >= 0.3 is 0 Å². The SMILES string of the molecule is CCCCc1ccc(/C(C#N)=C/c2cc3sc(N=Nc4ccc(N(CC)CC)cc4)nc3s2)cc1. The molecule has 0 saturated heterocycles. The van der Waals surface area contributed by atoms with E-state index in [0.29, 0.717) is 10.7 Å². The Labute approximate surface area is 215 Å². The highest BCUT2D eigenvalue weighted by Crippen LogP contribution is 2.36. The van der Waals surface area contributed by atoms with Crippen molar-refractivity contribution in [2.24, 2.45) is 10.2 Å². The summed E-state index contributed by atoms with van der Waals surface area (Å²) in [5, 5.41) is 19.1. The number of rotatable bonds is 10. The van der Waals surface area contributed by atoms with E-state index in [1.165, 1.54) is 35.4 Å². The summed E-state index contributed by atoms with van der Waals surface area (Å²) in [5.41, 5.74) is 4.92. The first-order chi connectivity index (χ1) is 17.1. The molecule has 0 aliphatic heterocycles. The van der Waals surface area contributed by atoms with Crippen molar-refractivity contribution in [1.29, 1.82) is 5.26 Å². The summed E-state index contributed by atoms with van der Waals surface area (Å²) in [6.45, 7) is 8.46. The number of allylic oxidation sites excluding steroid dienone is 1. The maximum absolute atomic E-state index is 9.72. The first kappa shape index (κ1) is 24.8. The summed E-state index contributed by atoms with van der Waals surface area (Å²) in [6.07, 6.45) is 5.39. The molecule has 2 aromatic heterocycles. The molecule has 0 spiro atoms. The molecule has 5 nitrogen and oxygen atoms in total. The van der Waals surface area contributed by atoms with Gasteiger partial charge in [0.15, 0.2) is 0 Å². The maximum atomic E-state index is 9.72. The van der Waals surface area contributed by atoms with Crippen molar-refractivity contribution in [1.82, 2.24) is 4.98 Å². The largest absolute Gasteiger partial charge is 0.372 e. The average Bonchev–Trinajstić information content (AvgIpc) is 3.45. The number of thiophene rings is 1. The van der Waals surface area contributed by atoms with Crippen LogP contribution in [0.3, 0.4) is 0 Å². The highest BCUT2D eigenvalue weighted by atomic mass is 32.1. The van der Waals surface area contributed by atoms with Crippen molar-refractivity contribution < 1.29 is 0 Å². The van der Waals surface area contributed by atoms with Crippen molar-refractivity contribution in [2.75, 3.05) is 18.0 Å². The lowest BCUT2D eigenvalue weighted by Crippen LogP contribution is -2.21. The standard InChI is InChI=1S/C28H29N5S2/c1-4-7-8-20-9-11-21(12-10-20)22(19-29)17-25-18-26-27(34-25)30-28(35-26)32-31-23-13-15-24(16-14-23)33(5-2)6-3/h9-18H,4-8H2,1-3H3/b22-17+,32-31?. The summed E-state index contributed by atoms with van der Waals surface area (Å²) >= 11 is 3.08. The number of fused-ring (bicyclic) bond motifs is 1. The van der Waals surface area contributed by atoms with Crippen LogP contribution < -0.4 is 4.90 Å². The van der Waals surface area contributed by atoms with Crippen LogP contribution >= 0.6 is 22.7 Å². The highest BCUT2D eigenvalue weighted by Gasteiger charge is 2.09. The van der Waals surface area contributed by atoms with Gasteiger partial charge in [-0.05, 0) is 74.2 Å². The Hall–Kier alpha value is -3.34. The van der Waals surface area contributed by atoms with Gasteiger partial charge in [-0.1, -0.05) is 48.9 Å². The third-order valence-electron chi connectivity index (χ3n) is 5.82. The molecule has 2 heterocycles. The van der Waals surface area contributed by atoms with E-state index in [4.69, 9.17) is 0 Å². The van der Waals surface area contributed by atoms with Crippen molar-refractivity contribution in [3.8, 4) is 6.07 Å². The molecular formula is C28H29N5S2. The number of hydrogen-bond donors (Lipinski definition) is 0. The van der Waals surface area contributed by atoms with Crippen molar-refractivity contribution >= 4 is 60.4 Å². The smallest absolute Gasteiger partial charge is 0.231 e. The zero-order chi connectivity index (χ0) is 24.6. The molecule has 4 rings (SSSR count). The number of hydrogen-bond acceptors (Lipinski definition) is 7. The third-order valence-corrected chi connectivity index (χ3v) is 7.81. The number of benzene rings is 2. The van der Waals surface area contributed by atoms with Crippen LogP contribution in [-0.4, -0.2) is 18.1 Å². The predicted molar refractivity (Wildman–Crippen MR) is 150 cm³/mol. The van der Waals surface area contributed by atoms with Gasteiger partial charge in [0.05, 0.1) is 22.0 Å². The zero-order valence-corrected chi connectivity index (χ0v) is 22.0. The van der Waals surface area contributed by atoms with E-state index in [0.717, 1.165) is 45.2 Å². The van der Waals surface area contributed by atoms with E-state index >= 15 is 0 Å². The van der Waals surface area contributed by atoms with Crippen LogP contribution in [0.4, 0.5) is 16.5 Å². The lowest BCUT2D eigenvalue weighted by atomic mass is 10.0. The van der Waals surface area contributed by atoms with Gasteiger partial charge in [0, 0.05) is 23.7 Å². The molecule has 0 amide bonds. The molecule has 7 heteroatoms. The minimum absolute atomic E-state index is 0.637. The number of nitriles is 1. The zero-order valence-electron chi connectivity index (χ0n) is 20.4. The summed E-state index contributed by atoms with van der Waals surface area (Å²) in [5.74, 6) is 0. The fraction of sp³-hybridized carbons (Fsp3) is 0.286. The Morgan fingerprint density at radius 1 is 1.00 bits per heavy atom. The Kier molecular flexibility index (Phi) is 8.40. The van der Waals surface area contributed by atoms with E-state index in [9.17, 15) is 5.26 Å². The van der Waals surface area contributed by atoms with Crippen LogP contribution in [0.15, 0.2) is 64.8 Å². The monoisotopic (exact) mass is 499 g/mol. The van der Waals surface area contributed by atoms with Gasteiger partial charge in [-0.3, -0.25) is 0 Å². The number of azo groups is 1. The van der Waals surface area contributed by atoms with Gasteiger partial charge in [0.25, 0.3) is 0 Å². The van der Waals surface area contributed by atoms with Crippen LogP contribution in [0.5, 0.6) is 0 Å². The quantitative estimate of drug-likeness (QED) is 0.161. The molecule has 0 fully saturated rings. The third kappa shape index (κ3) is 6.21. The van der Waals surface area contributed by atoms with Crippen molar-refractivity contribution in [3.05, 3.63) is 70.6 Å². The number of thiazole rings is 1. The van der Waals surface area contributed by atoms with Crippen molar-refractivity contribution in [3.63, 3.8) is 0 Å². The molecule has 0 unspecified atom stereocenters. The summed E-state index contributed by atoms with van der Waals surface area (Å²) in [7, 11) is 0. The minimum Gasteiger partial charge on any atom is -0.372 e. The summed E-state index contributed by atoms with van der Waals surface area (Å²) in [6, 6.07) is 20.9. The second-order valence-electron chi connectivity index (χ2n) is 8.17. The molecule has 178 valence electrons. The number of unbranched alkanes of at least 4 members (excludes halogenated alkanes) is 1. The van der Waals surface area contributed by atoms with Gasteiger partial charge in [-0.25, -0.2) is 4.98 Å². The lowest BCUT2D eigenvalue weighted by Gasteiger charge is -2.20. The molecule has 0 aliphatic carbocycles. The van der Waals surface area contributed by atoms with E-state index in [1.807, 2.05) is 30.3 Å². The fourth-order valence-electron chi connectivity index (χ4n) is 3.83. The first-order valence-electron chi connectivity index (χ1n) is 12.0. The second kappa shape index (κ2) is 11.9. The van der Waals surface area contributed by atoms with Gasteiger partial charge in [-0.2, -0.15) is 5.26 Å². The minimum atomic E-state index is 0.637. The topological polar surface area (TPSA) is 64.6 Å². The molecule has 2 aromatic carbocycles. The molecule has 4 aromatic rings. The Bertz CT molecular complexity index is 1320. The molecule has 0 saturated carbocycles. The fourth-order valence-corrected chi connectivity index (χ4v) is 5.81. The Morgan fingerprint density at radius 3 is 2.37 bits per heavy atom. The number of nitrogens with zero attached hydrogens (tertiary/aromatic N) is 5. The average molecular weight is 500 g/mol. The maximum Gasteiger partial charge on any atom is 0.231 e. The van der Waals surface area contributed by atoms with Crippen molar-refractivity contribution in [2.45, 2.75) is 40.0 Å². The normalized spacial score (nSPS) is 11.9. The Balaban J connectivity index is 1.46. The van der Waals surface area contributed by atoms with Crippen LogP contribution in [0.2, 0.25) is 0 Å². The van der Waals surface area contributed by atoms with E-state index in [1.54, 1.807) is 11.3 Å². The van der Waals surface area contributed by atoms with Crippen LogP contribution in [0, 0.1) is 11.3 Å². The number of aryl methyl sites for hydroxylation is 1. The first-order valence-corrected chi connectivity index (χ1v) is 13.6. The second-order valence-corrected chi connectivity index (χ2v) is 10.2. The van der Waals surface area contributed by atoms with Crippen LogP contribution in [0.25, 0.3) is 21.2 Å². The molecular weight excluding hydrogens is 470 g/mol. The number of aromatic nitrogens is 1. The molecule has 0 aliphatic rings. The number of anilines is 1.